The predicted molar refractivity (Wildman–Crippen MR) is 222 cm³/mol. The van der Waals surface area contributed by atoms with Gasteiger partial charge in [-0.1, -0.05) is 12.1 Å². The first-order chi connectivity index (χ1) is 26.0. The molecule has 0 aliphatic heterocycles. The molecule has 1 radical (unpaired) electrons. The first kappa shape index (κ1) is 47.7. The molecule has 0 amide bonds. The van der Waals surface area contributed by atoms with Crippen LogP contribution in [0.3, 0.4) is 0 Å². The summed E-state index contributed by atoms with van der Waals surface area (Å²) in [7, 11) is 9.49. The van der Waals surface area contributed by atoms with E-state index in [0.717, 1.165) is 55.4 Å². The number of aryl methyl sites for hydroxylation is 2. The number of nitrogens with zero attached hydrogens (tertiary/aromatic N) is 4. The van der Waals surface area contributed by atoms with Gasteiger partial charge in [-0.05, 0) is 48.2 Å². The molecule has 303 valence electrons. The Morgan fingerprint density at radius 1 is 0.509 bits per heavy atom. The SMILES string of the molecule is COc1cc(NCc2ccc3nc(N)nc(N)c3c2C)cc(OC)c1OC.COc1cc(NCc2ccc3nc(N)nc(N)c3c2C)cc(OC)c1OC.N.O.[Ac]. The van der Waals surface area contributed by atoms with Gasteiger partial charge in [-0.3, -0.25) is 0 Å². The van der Waals surface area contributed by atoms with Crippen LogP contribution in [0.1, 0.15) is 22.3 Å². The molecule has 2 heterocycles. The molecule has 0 spiro atoms. The molecule has 18 nitrogen and oxygen atoms in total. The maximum Gasteiger partial charge on any atom is 0.222 e. The van der Waals surface area contributed by atoms with Crippen LogP contribution < -0.4 is 68.1 Å². The van der Waals surface area contributed by atoms with E-state index in [4.69, 9.17) is 51.4 Å². The number of methoxy groups -OCH3 is 6. The maximum atomic E-state index is 6.04. The van der Waals surface area contributed by atoms with Crippen molar-refractivity contribution in [2.75, 3.05) is 76.2 Å². The van der Waals surface area contributed by atoms with E-state index in [1.165, 1.54) is 0 Å². The fourth-order valence-electron chi connectivity index (χ4n) is 6.11. The third-order valence-electron chi connectivity index (χ3n) is 8.86. The van der Waals surface area contributed by atoms with Gasteiger partial charge in [-0.2, -0.15) is 9.97 Å². The van der Waals surface area contributed by atoms with Crippen LogP contribution in [0.15, 0.2) is 48.5 Å². The van der Waals surface area contributed by atoms with Gasteiger partial charge in [-0.25, -0.2) is 9.97 Å². The summed E-state index contributed by atoms with van der Waals surface area (Å²) in [4.78, 5) is 16.6. The minimum Gasteiger partial charge on any atom is -0.493 e. The van der Waals surface area contributed by atoms with Crippen LogP contribution in [0.4, 0.5) is 34.9 Å². The van der Waals surface area contributed by atoms with Crippen LogP contribution in [0.25, 0.3) is 21.8 Å². The smallest absolute Gasteiger partial charge is 0.222 e. The number of nitrogen functional groups attached to an aromatic ring is 4. The van der Waals surface area contributed by atoms with Crippen molar-refractivity contribution < 1.29 is 78.0 Å². The van der Waals surface area contributed by atoms with Crippen LogP contribution in [-0.4, -0.2) is 68.1 Å². The zero-order valence-electron chi connectivity index (χ0n) is 33.4. The molecule has 0 saturated heterocycles. The van der Waals surface area contributed by atoms with Crippen molar-refractivity contribution in [2.45, 2.75) is 26.9 Å². The van der Waals surface area contributed by atoms with E-state index in [-0.39, 0.29) is 67.6 Å². The minimum atomic E-state index is 0. The number of aromatic nitrogens is 4. The first-order valence-electron chi connectivity index (χ1n) is 16.7. The van der Waals surface area contributed by atoms with Gasteiger partial charge in [0.1, 0.15) is 11.6 Å². The van der Waals surface area contributed by atoms with Crippen molar-refractivity contribution in [1.29, 1.82) is 0 Å². The summed E-state index contributed by atoms with van der Waals surface area (Å²) < 4.78 is 32.3. The van der Waals surface area contributed by atoms with Gasteiger partial charge in [0.15, 0.2) is 23.0 Å². The van der Waals surface area contributed by atoms with Crippen molar-refractivity contribution in [2.24, 2.45) is 0 Å². The molecule has 0 saturated carbocycles. The Morgan fingerprint density at radius 2 is 0.825 bits per heavy atom. The third kappa shape index (κ3) is 10.5. The zero-order valence-corrected chi connectivity index (χ0v) is 38.1. The largest absolute Gasteiger partial charge is 0.493 e. The molecule has 19 heteroatoms. The van der Waals surface area contributed by atoms with Crippen LogP contribution >= 0.6 is 0 Å². The molecule has 2 aromatic heterocycles. The van der Waals surface area contributed by atoms with Gasteiger partial charge in [0.25, 0.3) is 0 Å². The molecular formula is C38H51AcN11O7. The van der Waals surface area contributed by atoms with Gasteiger partial charge in [0.2, 0.25) is 23.4 Å². The molecule has 15 N–H and O–H groups in total. The van der Waals surface area contributed by atoms with E-state index in [2.05, 4.69) is 30.6 Å². The van der Waals surface area contributed by atoms with Gasteiger partial charge in [0.05, 0.1) is 53.7 Å². The monoisotopic (exact) mass is 1000 g/mol. The summed E-state index contributed by atoms with van der Waals surface area (Å²) >= 11 is 0. The summed E-state index contributed by atoms with van der Waals surface area (Å²) in [6, 6.07) is 15.2. The van der Waals surface area contributed by atoms with Crippen molar-refractivity contribution in [3.05, 3.63) is 70.8 Å². The van der Waals surface area contributed by atoms with Gasteiger partial charge >= 0.3 is 0 Å². The molecule has 0 fully saturated rings. The summed E-state index contributed by atoms with van der Waals surface area (Å²) in [6.07, 6.45) is 0. The second-order valence-electron chi connectivity index (χ2n) is 12.0. The second-order valence-corrected chi connectivity index (χ2v) is 12.0. The Hall–Kier alpha value is -5.48. The Bertz CT molecular complexity index is 2100. The predicted octanol–water partition coefficient (Wildman–Crippen LogP) is 4.82. The molecule has 0 atom stereocenters. The molecule has 0 aliphatic rings. The van der Waals surface area contributed by atoms with Crippen molar-refractivity contribution in [1.82, 2.24) is 26.1 Å². The Labute approximate surface area is 366 Å². The number of hydrogen-bond acceptors (Lipinski definition) is 17. The molecule has 0 bridgehead atoms. The third-order valence-corrected chi connectivity index (χ3v) is 8.86. The number of nitrogens with two attached hydrogens (primary N) is 4. The van der Waals surface area contributed by atoms with E-state index in [1.54, 1.807) is 42.7 Å². The van der Waals surface area contributed by atoms with Crippen molar-refractivity contribution >= 4 is 56.7 Å². The average Bonchev–Trinajstić information content (AvgIpc) is 3.16. The molecule has 6 rings (SSSR count). The molecule has 4 aromatic carbocycles. The molecular weight excluding hydrogens is 949 g/mol. The average molecular weight is 1000 g/mol. The summed E-state index contributed by atoms with van der Waals surface area (Å²) in [5.74, 6) is 4.54. The standard InChI is InChI=1S/2C19H23N5O3.Ac.H3N.H2O/c2*1-10-11(5-6-13-16(10)18(20)24-19(21)23-13)9-22-12-7-14(25-2)17(27-4)15(8-12)26-3;;;/h2*5-8,22H,9H2,1-4H3,(H4,20,21,23,24);;1H3;1H2. The zero-order chi connectivity index (χ0) is 39.1. The number of ether oxygens (including phenoxy) is 6. The van der Waals surface area contributed by atoms with Crippen molar-refractivity contribution in [3.63, 3.8) is 0 Å². The number of benzene rings is 4. The van der Waals surface area contributed by atoms with Gasteiger partial charge in [0, 0.05) is 104 Å². The summed E-state index contributed by atoms with van der Waals surface area (Å²) in [5.41, 5.74) is 30.7. The number of nitrogens with one attached hydrogen (secondary N) is 2. The summed E-state index contributed by atoms with van der Waals surface area (Å²) in [5, 5.41) is 8.38. The Kier molecular flexibility index (Phi) is 17.7. The number of hydrogen-bond donors (Lipinski definition) is 7. The number of rotatable bonds is 12. The van der Waals surface area contributed by atoms with Crippen LogP contribution in [0.5, 0.6) is 34.5 Å². The fourth-order valence-corrected chi connectivity index (χ4v) is 6.11. The van der Waals surface area contributed by atoms with E-state index in [9.17, 15) is 0 Å². The Morgan fingerprint density at radius 3 is 1.11 bits per heavy atom. The molecule has 0 aliphatic carbocycles. The molecule has 57 heavy (non-hydrogen) atoms. The van der Waals surface area contributed by atoms with Gasteiger partial charge < -0.3 is 73.6 Å². The van der Waals surface area contributed by atoms with Crippen LogP contribution in [0.2, 0.25) is 0 Å². The van der Waals surface area contributed by atoms with E-state index in [1.807, 2.05) is 62.4 Å². The van der Waals surface area contributed by atoms with Gasteiger partial charge in [-0.15, -0.1) is 0 Å². The fraction of sp³-hybridized carbons (Fsp3) is 0.263. The molecule has 0 unspecified atom stereocenters. The van der Waals surface area contributed by atoms with E-state index < -0.39 is 0 Å². The summed E-state index contributed by atoms with van der Waals surface area (Å²) in [6.45, 7) is 5.13. The van der Waals surface area contributed by atoms with Crippen molar-refractivity contribution in [3.8, 4) is 34.5 Å². The van der Waals surface area contributed by atoms with Crippen LogP contribution in [0, 0.1) is 57.9 Å². The normalized spacial score (nSPS) is 10.1. The second kappa shape index (κ2) is 21.2. The quantitative estimate of drug-likeness (QED) is 0.0865. The topological polar surface area (TPSA) is 302 Å². The maximum absolute atomic E-state index is 6.04. The number of fused-ring (bicyclic) bond motifs is 2. The van der Waals surface area contributed by atoms with Crippen LogP contribution in [-0.2, 0) is 13.1 Å². The first-order valence-corrected chi connectivity index (χ1v) is 16.7. The Balaban J connectivity index is 0.000000374. The van der Waals surface area contributed by atoms with E-state index in [0.29, 0.717) is 59.2 Å². The molecule has 6 aromatic rings. The van der Waals surface area contributed by atoms with E-state index >= 15 is 0 Å². The minimum absolute atomic E-state index is 0. The number of anilines is 6.